The fourth-order valence-corrected chi connectivity index (χ4v) is 4.22. The van der Waals surface area contributed by atoms with E-state index in [1.807, 2.05) is 12.1 Å². The van der Waals surface area contributed by atoms with Gasteiger partial charge in [-0.2, -0.15) is 0 Å². The van der Waals surface area contributed by atoms with E-state index in [4.69, 9.17) is 18.6 Å². The van der Waals surface area contributed by atoms with Gasteiger partial charge in [0.2, 0.25) is 0 Å². The third kappa shape index (κ3) is 5.05. The smallest absolute Gasteiger partial charge is 0.362 e. The van der Waals surface area contributed by atoms with Crippen molar-refractivity contribution in [2.75, 3.05) is 13.2 Å². The number of hydrogen-bond acceptors (Lipinski definition) is 6. The third-order valence-electron chi connectivity index (χ3n) is 5.81. The van der Waals surface area contributed by atoms with Crippen LogP contribution in [0.25, 0.3) is 11.0 Å². The Balaban J connectivity index is 1.96. The number of esters is 2. The number of furan rings is 1. The summed E-state index contributed by atoms with van der Waals surface area (Å²) in [7, 11) is 0. The van der Waals surface area contributed by atoms with Crippen molar-refractivity contribution < 1.29 is 28.2 Å². The summed E-state index contributed by atoms with van der Waals surface area (Å²) in [5, 5.41) is 0.986. The number of ether oxygens (including phenoxy) is 3. The number of unbranched alkanes of at least 4 members (excludes halogenated alkanes) is 3. The summed E-state index contributed by atoms with van der Waals surface area (Å²) in [4.78, 5) is 26.1. The van der Waals surface area contributed by atoms with Crippen molar-refractivity contribution in [2.45, 2.75) is 84.2 Å². The molecule has 170 valence electrons. The Morgan fingerprint density at radius 3 is 2.35 bits per heavy atom. The van der Waals surface area contributed by atoms with Crippen LogP contribution in [0.2, 0.25) is 0 Å². The molecule has 6 nitrogen and oxygen atoms in total. The number of rotatable bonds is 11. The van der Waals surface area contributed by atoms with Crippen molar-refractivity contribution in [2.24, 2.45) is 0 Å². The second kappa shape index (κ2) is 10.7. The van der Waals surface area contributed by atoms with Gasteiger partial charge in [0, 0.05) is 23.8 Å². The lowest BCUT2D eigenvalue weighted by atomic mass is 9.94. The summed E-state index contributed by atoms with van der Waals surface area (Å²) in [5.41, 5.74) is 0.199. The molecule has 0 amide bonds. The van der Waals surface area contributed by atoms with E-state index in [1.54, 1.807) is 19.9 Å². The van der Waals surface area contributed by atoms with Crippen molar-refractivity contribution in [3.63, 3.8) is 0 Å². The lowest BCUT2D eigenvalue weighted by Crippen LogP contribution is -2.53. The van der Waals surface area contributed by atoms with E-state index in [9.17, 15) is 9.59 Å². The Kier molecular flexibility index (Phi) is 7.99. The maximum Gasteiger partial charge on any atom is 0.362 e. The minimum absolute atomic E-state index is 0.159. The van der Waals surface area contributed by atoms with Gasteiger partial charge in [-0.25, -0.2) is 9.59 Å². The van der Waals surface area contributed by atoms with Crippen LogP contribution in [0.15, 0.2) is 22.6 Å². The molecule has 6 heteroatoms. The summed E-state index contributed by atoms with van der Waals surface area (Å²) in [5.74, 6) is 0.0804. The van der Waals surface area contributed by atoms with Gasteiger partial charge in [0.05, 0.1) is 13.2 Å². The normalized spacial score (nSPS) is 13.6. The largest absolute Gasteiger partial charge is 0.464 e. The summed E-state index contributed by atoms with van der Waals surface area (Å²) < 4.78 is 22.8. The molecule has 1 heterocycles. The maximum atomic E-state index is 13.0. The quantitative estimate of drug-likeness (QED) is 0.265. The number of carbonyl (C=O) groups excluding carboxylic acids is 2. The van der Waals surface area contributed by atoms with Crippen LogP contribution in [-0.2, 0) is 31.9 Å². The molecule has 0 saturated heterocycles. The first kappa shape index (κ1) is 23.2. The highest BCUT2D eigenvalue weighted by molar-refractivity contribution is 6.04. The Morgan fingerprint density at radius 2 is 1.68 bits per heavy atom. The van der Waals surface area contributed by atoms with E-state index >= 15 is 0 Å². The highest BCUT2D eigenvalue weighted by atomic mass is 16.6. The standard InChI is InChI=1S/C25H34O6/c1-4-7-8-11-16-25(23(26)28-5-2,24(27)29-6-3)31-18-14-15-22-20(17-18)19-12-9-10-13-21(19)30-22/h14-15,17H,4-13,16H2,1-3H3. The molecule has 0 bridgehead atoms. The first-order valence-electron chi connectivity index (χ1n) is 11.6. The Morgan fingerprint density at radius 1 is 0.968 bits per heavy atom. The topological polar surface area (TPSA) is 75.0 Å². The predicted molar refractivity (Wildman–Crippen MR) is 118 cm³/mol. The highest BCUT2D eigenvalue weighted by Gasteiger charge is 2.51. The van der Waals surface area contributed by atoms with Crippen LogP contribution < -0.4 is 4.74 Å². The van der Waals surface area contributed by atoms with Gasteiger partial charge in [-0.05, 0) is 57.7 Å². The van der Waals surface area contributed by atoms with Crippen LogP contribution in [0.3, 0.4) is 0 Å². The fraction of sp³-hybridized carbons (Fsp3) is 0.600. The van der Waals surface area contributed by atoms with Crippen molar-refractivity contribution >= 4 is 22.9 Å². The molecule has 0 fully saturated rings. The molecule has 1 aliphatic carbocycles. The fourth-order valence-electron chi connectivity index (χ4n) is 4.22. The summed E-state index contributed by atoms with van der Waals surface area (Å²) in [6, 6.07) is 5.47. The highest BCUT2D eigenvalue weighted by Crippen LogP contribution is 2.36. The molecule has 0 radical (unpaired) electrons. The van der Waals surface area contributed by atoms with Gasteiger partial charge >= 0.3 is 17.5 Å². The number of carbonyl (C=O) groups is 2. The second-order valence-electron chi connectivity index (χ2n) is 8.05. The molecular formula is C25H34O6. The van der Waals surface area contributed by atoms with Crippen LogP contribution in [0.4, 0.5) is 0 Å². The molecule has 3 rings (SSSR count). The first-order chi connectivity index (χ1) is 15.1. The number of hydrogen-bond donors (Lipinski definition) is 0. The molecule has 0 N–H and O–H groups in total. The molecule has 1 aromatic carbocycles. The zero-order valence-electron chi connectivity index (χ0n) is 19.0. The number of fused-ring (bicyclic) bond motifs is 3. The van der Waals surface area contributed by atoms with E-state index in [-0.39, 0.29) is 19.6 Å². The van der Waals surface area contributed by atoms with Crippen molar-refractivity contribution in [3.8, 4) is 5.75 Å². The molecular weight excluding hydrogens is 396 g/mol. The monoisotopic (exact) mass is 430 g/mol. The van der Waals surface area contributed by atoms with Crippen LogP contribution in [0, 0.1) is 0 Å². The SMILES string of the molecule is CCCCCCC(Oc1ccc2oc3c(c2c1)CCCC3)(C(=O)OCC)C(=O)OCC. The molecule has 31 heavy (non-hydrogen) atoms. The minimum Gasteiger partial charge on any atom is -0.464 e. The van der Waals surface area contributed by atoms with Gasteiger partial charge < -0.3 is 18.6 Å². The number of benzene rings is 1. The third-order valence-corrected chi connectivity index (χ3v) is 5.81. The molecule has 1 aromatic heterocycles. The van der Waals surface area contributed by atoms with Crippen LogP contribution >= 0.6 is 0 Å². The summed E-state index contributed by atoms with van der Waals surface area (Å²) in [6.45, 7) is 5.86. The Labute approximate surface area is 184 Å². The van der Waals surface area contributed by atoms with Crippen LogP contribution in [-0.4, -0.2) is 30.8 Å². The van der Waals surface area contributed by atoms with Crippen LogP contribution in [0.5, 0.6) is 5.75 Å². The molecule has 1 aliphatic rings. The van der Waals surface area contributed by atoms with Gasteiger partial charge in [-0.3, -0.25) is 0 Å². The molecule has 0 unspecified atom stereocenters. The van der Waals surface area contributed by atoms with Crippen molar-refractivity contribution in [3.05, 3.63) is 29.5 Å². The summed E-state index contributed by atoms with van der Waals surface area (Å²) >= 11 is 0. The average Bonchev–Trinajstić information content (AvgIpc) is 3.14. The second-order valence-corrected chi connectivity index (χ2v) is 8.05. The van der Waals surface area contributed by atoms with Crippen molar-refractivity contribution in [1.82, 2.24) is 0 Å². The zero-order valence-corrected chi connectivity index (χ0v) is 19.0. The van der Waals surface area contributed by atoms with Gasteiger partial charge in [0.15, 0.2) is 0 Å². The zero-order chi connectivity index (χ0) is 22.3. The molecule has 0 spiro atoms. The first-order valence-corrected chi connectivity index (χ1v) is 11.6. The Hall–Kier alpha value is -2.50. The van der Waals surface area contributed by atoms with Gasteiger partial charge in [0.1, 0.15) is 17.1 Å². The van der Waals surface area contributed by atoms with Gasteiger partial charge in [0.25, 0.3) is 0 Å². The molecule has 0 saturated carbocycles. The predicted octanol–water partition coefficient (Wildman–Crippen LogP) is 5.53. The molecule has 0 atom stereocenters. The maximum absolute atomic E-state index is 13.0. The lowest BCUT2D eigenvalue weighted by Gasteiger charge is -2.30. The molecule has 2 aromatic rings. The van der Waals surface area contributed by atoms with E-state index in [0.717, 1.165) is 61.7 Å². The van der Waals surface area contributed by atoms with E-state index in [2.05, 4.69) is 6.92 Å². The van der Waals surface area contributed by atoms with E-state index in [0.29, 0.717) is 12.2 Å². The Bertz CT molecular complexity index is 879. The van der Waals surface area contributed by atoms with Gasteiger partial charge in [-0.15, -0.1) is 0 Å². The molecule has 0 aliphatic heterocycles. The van der Waals surface area contributed by atoms with Crippen molar-refractivity contribution in [1.29, 1.82) is 0 Å². The lowest BCUT2D eigenvalue weighted by molar-refractivity contribution is -0.180. The van der Waals surface area contributed by atoms with Gasteiger partial charge in [-0.1, -0.05) is 26.2 Å². The van der Waals surface area contributed by atoms with Crippen LogP contribution in [0.1, 0.15) is 77.0 Å². The average molecular weight is 431 g/mol. The number of aryl methyl sites for hydroxylation is 2. The summed E-state index contributed by atoms with van der Waals surface area (Å²) in [6.07, 6.45) is 8.00. The van der Waals surface area contributed by atoms with E-state index in [1.165, 1.54) is 5.56 Å². The minimum atomic E-state index is -1.81. The van der Waals surface area contributed by atoms with E-state index < -0.39 is 17.5 Å².